The summed E-state index contributed by atoms with van der Waals surface area (Å²) in [4.78, 5) is 16.8. The van der Waals surface area contributed by atoms with E-state index in [1.165, 1.54) is 16.9 Å². The summed E-state index contributed by atoms with van der Waals surface area (Å²) in [5.74, 6) is 0.380. The third kappa shape index (κ3) is 3.71. The Morgan fingerprint density at radius 1 is 1.04 bits per heavy atom. The summed E-state index contributed by atoms with van der Waals surface area (Å²) in [5, 5.41) is 5.45. The lowest BCUT2D eigenvalue weighted by Gasteiger charge is -2.05. The monoisotopic (exact) mass is 336 g/mol. The van der Waals surface area contributed by atoms with Gasteiger partial charge in [0.2, 0.25) is 0 Å². The first-order chi connectivity index (χ1) is 11.5. The molecule has 0 spiro atoms. The summed E-state index contributed by atoms with van der Waals surface area (Å²) < 4.78 is 0. The second-order valence-electron chi connectivity index (χ2n) is 6.13. The maximum Gasteiger partial charge on any atom is 0.257 e. The van der Waals surface area contributed by atoms with Crippen molar-refractivity contribution in [2.45, 2.75) is 26.7 Å². The number of aryl methyl sites for hydroxylation is 1. The van der Waals surface area contributed by atoms with Gasteiger partial charge >= 0.3 is 0 Å². The van der Waals surface area contributed by atoms with Crippen molar-refractivity contribution in [2.24, 2.45) is 0 Å². The summed E-state index contributed by atoms with van der Waals surface area (Å²) in [7, 11) is 0. The second-order valence-corrected chi connectivity index (χ2v) is 6.99. The first kappa shape index (κ1) is 16.4. The topological polar surface area (TPSA) is 42.0 Å². The highest BCUT2D eigenvalue weighted by Crippen LogP contribution is 2.26. The van der Waals surface area contributed by atoms with Gasteiger partial charge < -0.3 is 0 Å². The van der Waals surface area contributed by atoms with Crippen molar-refractivity contribution in [3.63, 3.8) is 0 Å². The molecule has 0 aliphatic rings. The lowest BCUT2D eigenvalue weighted by atomic mass is 10.0. The first-order valence-electron chi connectivity index (χ1n) is 7.97. The molecule has 0 fully saturated rings. The molecule has 0 aliphatic carbocycles. The summed E-state index contributed by atoms with van der Waals surface area (Å²) in [6.07, 6.45) is 0. The van der Waals surface area contributed by atoms with Gasteiger partial charge in [-0.05, 0) is 30.5 Å². The summed E-state index contributed by atoms with van der Waals surface area (Å²) in [5.41, 5.74) is 5.02. The van der Waals surface area contributed by atoms with E-state index in [1.54, 1.807) is 0 Å². The number of amides is 1. The van der Waals surface area contributed by atoms with Crippen LogP contribution < -0.4 is 5.32 Å². The van der Waals surface area contributed by atoms with E-state index in [4.69, 9.17) is 0 Å². The number of hydrogen-bond acceptors (Lipinski definition) is 3. The van der Waals surface area contributed by atoms with Crippen LogP contribution in [0.25, 0.3) is 11.3 Å². The van der Waals surface area contributed by atoms with Gasteiger partial charge in [-0.2, -0.15) is 0 Å². The second kappa shape index (κ2) is 6.97. The molecule has 0 radical (unpaired) electrons. The Morgan fingerprint density at radius 2 is 1.71 bits per heavy atom. The lowest BCUT2D eigenvalue weighted by Crippen LogP contribution is -2.11. The number of nitrogens with one attached hydrogen (secondary N) is 1. The number of aromatic nitrogens is 1. The average molecular weight is 336 g/mol. The number of carbonyl (C=O) groups is 1. The molecule has 0 bridgehead atoms. The van der Waals surface area contributed by atoms with Crippen LogP contribution in [0.3, 0.4) is 0 Å². The Kier molecular flexibility index (Phi) is 4.76. The minimum atomic E-state index is -0.133. The summed E-state index contributed by atoms with van der Waals surface area (Å²) in [6.45, 7) is 6.35. The van der Waals surface area contributed by atoms with Gasteiger partial charge in [0.25, 0.3) is 5.91 Å². The zero-order chi connectivity index (χ0) is 17.1. The molecule has 1 aromatic heterocycles. The third-order valence-corrected chi connectivity index (χ3v) is 4.67. The van der Waals surface area contributed by atoms with Crippen molar-refractivity contribution in [3.05, 3.63) is 70.6 Å². The molecule has 0 aliphatic heterocycles. The smallest absolute Gasteiger partial charge is 0.257 e. The van der Waals surface area contributed by atoms with Crippen LogP contribution in [-0.2, 0) is 0 Å². The van der Waals surface area contributed by atoms with Crippen LogP contribution in [-0.4, -0.2) is 10.9 Å². The van der Waals surface area contributed by atoms with Crippen molar-refractivity contribution < 1.29 is 4.79 Å². The van der Waals surface area contributed by atoms with Crippen LogP contribution in [0, 0.1) is 6.92 Å². The highest BCUT2D eigenvalue weighted by Gasteiger charge is 2.10. The number of hydrogen-bond donors (Lipinski definition) is 1. The van der Waals surface area contributed by atoms with E-state index in [9.17, 15) is 4.79 Å². The van der Waals surface area contributed by atoms with Crippen LogP contribution in [0.15, 0.2) is 53.9 Å². The molecule has 122 valence electrons. The standard InChI is InChI=1S/C20H20N2OS/c1-13(2)15-8-10-16(11-9-15)18-12-24-20(21-18)22-19(23)17-6-4-14(3)5-7-17/h4-13H,1-3H3,(H,21,22,23). The van der Waals surface area contributed by atoms with Crippen molar-refractivity contribution in [2.75, 3.05) is 5.32 Å². The summed E-state index contributed by atoms with van der Waals surface area (Å²) in [6, 6.07) is 15.9. The minimum absolute atomic E-state index is 0.133. The van der Waals surface area contributed by atoms with E-state index in [0.29, 0.717) is 16.6 Å². The fraction of sp³-hybridized carbons (Fsp3) is 0.200. The van der Waals surface area contributed by atoms with Gasteiger partial charge in [-0.3, -0.25) is 10.1 Å². The van der Waals surface area contributed by atoms with Gasteiger partial charge in [-0.1, -0.05) is 55.8 Å². The van der Waals surface area contributed by atoms with E-state index in [1.807, 2.05) is 36.6 Å². The van der Waals surface area contributed by atoms with Gasteiger partial charge in [0.1, 0.15) is 0 Å². The zero-order valence-electron chi connectivity index (χ0n) is 14.0. The van der Waals surface area contributed by atoms with E-state index < -0.39 is 0 Å². The van der Waals surface area contributed by atoms with E-state index in [2.05, 4.69) is 48.4 Å². The van der Waals surface area contributed by atoms with E-state index in [0.717, 1.165) is 16.8 Å². The van der Waals surface area contributed by atoms with E-state index in [-0.39, 0.29) is 5.91 Å². The van der Waals surface area contributed by atoms with Crippen LogP contribution in [0.5, 0.6) is 0 Å². The van der Waals surface area contributed by atoms with Crippen molar-refractivity contribution in [1.29, 1.82) is 0 Å². The Bertz CT molecular complexity index is 833. The van der Waals surface area contributed by atoms with Crippen LogP contribution >= 0.6 is 11.3 Å². The highest BCUT2D eigenvalue weighted by atomic mass is 32.1. The molecule has 2 aromatic carbocycles. The fourth-order valence-corrected chi connectivity index (χ4v) is 3.09. The predicted molar refractivity (Wildman–Crippen MR) is 101 cm³/mol. The molecule has 4 heteroatoms. The highest BCUT2D eigenvalue weighted by molar-refractivity contribution is 7.14. The molecule has 0 unspecified atom stereocenters. The number of carbonyl (C=O) groups excluding carboxylic acids is 1. The maximum absolute atomic E-state index is 12.2. The van der Waals surface area contributed by atoms with Crippen LogP contribution in [0.4, 0.5) is 5.13 Å². The molecule has 24 heavy (non-hydrogen) atoms. The normalized spacial score (nSPS) is 10.8. The van der Waals surface area contributed by atoms with Crippen molar-refractivity contribution in [1.82, 2.24) is 4.98 Å². The Labute approximate surface area is 146 Å². The SMILES string of the molecule is Cc1ccc(C(=O)Nc2nc(-c3ccc(C(C)C)cc3)cs2)cc1. The van der Waals surface area contributed by atoms with Gasteiger partial charge in [0, 0.05) is 16.5 Å². The van der Waals surface area contributed by atoms with Crippen molar-refractivity contribution >= 4 is 22.4 Å². The molecule has 3 rings (SSSR count). The molecule has 3 aromatic rings. The van der Waals surface area contributed by atoms with Gasteiger partial charge in [0.05, 0.1) is 5.69 Å². The maximum atomic E-state index is 12.2. The molecular weight excluding hydrogens is 316 g/mol. The third-order valence-electron chi connectivity index (χ3n) is 3.91. The molecule has 0 atom stereocenters. The zero-order valence-corrected chi connectivity index (χ0v) is 14.9. The fourth-order valence-electron chi connectivity index (χ4n) is 2.38. The molecule has 1 heterocycles. The lowest BCUT2D eigenvalue weighted by molar-refractivity contribution is 0.102. The van der Waals surface area contributed by atoms with Crippen molar-refractivity contribution in [3.8, 4) is 11.3 Å². The number of benzene rings is 2. The number of thiazole rings is 1. The van der Waals surface area contributed by atoms with E-state index >= 15 is 0 Å². The predicted octanol–water partition coefficient (Wildman–Crippen LogP) is 5.49. The molecular formula is C20H20N2OS. The minimum Gasteiger partial charge on any atom is -0.298 e. The molecule has 3 nitrogen and oxygen atoms in total. The Balaban J connectivity index is 1.73. The van der Waals surface area contributed by atoms with Gasteiger partial charge in [-0.15, -0.1) is 11.3 Å². The number of anilines is 1. The number of rotatable bonds is 4. The average Bonchev–Trinajstić information content (AvgIpc) is 3.04. The number of nitrogens with zero attached hydrogens (tertiary/aromatic N) is 1. The first-order valence-corrected chi connectivity index (χ1v) is 8.85. The molecule has 0 saturated heterocycles. The summed E-state index contributed by atoms with van der Waals surface area (Å²) >= 11 is 1.44. The largest absolute Gasteiger partial charge is 0.298 e. The van der Waals surface area contributed by atoms with Gasteiger partial charge in [0.15, 0.2) is 5.13 Å². The Hall–Kier alpha value is -2.46. The Morgan fingerprint density at radius 3 is 2.33 bits per heavy atom. The molecule has 1 N–H and O–H groups in total. The van der Waals surface area contributed by atoms with Gasteiger partial charge in [-0.25, -0.2) is 4.98 Å². The quantitative estimate of drug-likeness (QED) is 0.684. The van der Waals surface area contributed by atoms with Crippen LogP contribution in [0.2, 0.25) is 0 Å². The molecule has 0 saturated carbocycles. The van der Waals surface area contributed by atoms with Crippen LogP contribution in [0.1, 0.15) is 41.3 Å². The molecule has 1 amide bonds.